The molecule has 0 amide bonds. The molecule has 0 atom stereocenters. The Bertz CT molecular complexity index is 2890. The average Bonchev–Trinajstić information content (AvgIpc) is 3.59. The zero-order valence-electron chi connectivity index (χ0n) is 31.5. The summed E-state index contributed by atoms with van der Waals surface area (Å²) in [5.41, 5.74) is 12.8. The van der Waals surface area contributed by atoms with Crippen molar-refractivity contribution in [1.82, 2.24) is 29.5 Å². The zero-order valence-corrected chi connectivity index (χ0v) is 31.5. The van der Waals surface area contributed by atoms with Crippen LogP contribution in [0.2, 0.25) is 0 Å². The van der Waals surface area contributed by atoms with Gasteiger partial charge in [0.2, 0.25) is 0 Å². The zero-order chi connectivity index (χ0) is 38.3. The quantitative estimate of drug-likeness (QED) is 0.163. The van der Waals surface area contributed by atoms with Gasteiger partial charge in [-0.1, -0.05) is 145 Å². The average molecular weight is 733 g/mol. The van der Waals surface area contributed by atoms with Crippen LogP contribution in [0, 0.1) is 13.8 Å². The first-order chi connectivity index (χ1) is 28.1. The highest BCUT2D eigenvalue weighted by Crippen LogP contribution is 2.39. The predicted octanol–water partition coefficient (Wildman–Crippen LogP) is 12.4. The van der Waals surface area contributed by atoms with E-state index < -0.39 is 0 Å². The minimum absolute atomic E-state index is 0.552. The number of hydrogen-bond donors (Lipinski definition) is 0. The molecule has 270 valence electrons. The molecule has 0 N–H and O–H groups in total. The van der Waals surface area contributed by atoms with Gasteiger partial charge in [-0.25, -0.2) is 24.9 Å². The van der Waals surface area contributed by atoms with Crippen molar-refractivity contribution in [2.24, 2.45) is 0 Å². The van der Waals surface area contributed by atoms with Crippen LogP contribution < -0.4 is 0 Å². The Morgan fingerprint density at radius 1 is 0.333 bits per heavy atom. The van der Waals surface area contributed by atoms with Crippen molar-refractivity contribution in [3.05, 3.63) is 193 Å². The molecule has 57 heavy (non-hydrogen) atoms. The van der Waals surface area contributed by atoms with E-state index in [4.69, 9.17) is 24.9 Å². The lowest BCUT2D eigenvalue weighted by molar-refractivity contribution is 1.06. The van der Waals surface area contributed by atoms with Crippen molar-refractivity contribution >= 4 is 21.8 Å². The third-order valence-corrected chi connectivity index (χ3v) is 10.4. The second-order valence-electron chi connectivity index (χ2n) is 14.3. The lowest BCUT2D eigenvalue weighted by Crippen LogP contribution is -2.04. The highest BCUT2D eigenvalue weighted by molar-refractivity contribution is 6.10. The second-order valence-corrected chi connectivity index (χ2v) is 14.3. The van der Waals surface area contributed by atoms with E-state index in [-0.39, 0.29) is 0 Å². The Balaban J connectivity index is 1.28. The summed E-state index contributed by atoms with van der Waals surface area (Å²) in [5, 5.41) is 2.39. The van der Waals surface area contributed by atoms with Crippen molar-refractivity contribution in [3.8, 4) is 73.8 Å². The van der Waals surface area contributed by atoms with E-state index in [2.05, 4.69) is 103 Å². The third kappa shape index (κ3) is 6.43. The summed E-state index contributed by atoms with van der Waals surface area (Å²) < 4.78 is 2.34. The van der Waals surface area contributed by atoms with E-state index in [9.17, 15) is 0 Å². The molecular formula is C51H36N6. The minimum Gasteiger partial charge on any atom is -0.309 e. The van der Waals surface area contributed by atoms with Crippen LogP contribution in [0.25, 0.3) is 95.6 Å². The van der Waals surface area contributed by atoms with E-state index in [1.165, 1.54) is 21.9 Å². The number of hydrogen-bond acceptors (Lipinski definition) is 5. The summed E-state index contributed by atoms with van der Waals surface area (Å²) in [6.45, 7) is 4.29. The molecule has 6 nitrogen and oxygen atoms in total. The second kappa shape index (κ2) is 14.3. The molecule has 10 aromatic rings. The number of rotatable bonds is 7. The summed E-state index contributed by atoms with van der Waals surface area (Å²) in [6, 6.07) is 62.6. The van der Waals surface area contributed by atoms with Crippen molar-refractivity contribution in [1.29, 1.82) is 0 Å². The van der Waals surface area contributed by atoms with Gasteiger partial charge in [-0.05, 0) is 62.4 Å². The molecule has 0 saturated carbocycles. The van der Waals surface area contributed by atoms with Crippen molar-refractivity contribution in [2.45, 2.75) is 13.8 Å². The summed E-state index contributed by atoms with van der Waals surface area (Å²) >= 11 is 0. The SMILES string of the molecule is Cc1ccc2c(c1)c1cc(C)ccc1n2-c1ccc(-c2nc(-c3ccccc3)cc(-c3ccccc3)n2)cc1-c1nc(-c2ccccc2)nc(-c2ccccc2)n1. The van der Waals surface area contributed by atoms with Crippen LogP contribution in [0.4, 0.5) is 0 Å². The van der Waals surface area contributed by atoms with Gasteiger partial charge in [0.05, 0.1) is 28.1 Å². The molecule has 3 aromatic heterocycles. The van der Waals surface area contributed by atoms with E-state index in [0.717, 1.165) is 61.5 Å². The minimum atomic E-state index is 0.552. The number of aryl methyl sites for hydroxylation is 2. The van der Waals surface area contributed by atoms with Gasteiger partial charge in [-0.3, -0.25) is 0 Å². The Hall–Kier alpha value is -7.57. The standard InChI is InChI=1S/C51H36N6/c1-33-23-26-45-40(29-33)41-30-34(2)24-27-46(41)57(45)47-28-25-39(50-52-43(35-15-7-3-8-16-35)32-44(53-50)36-17-9-4-10-18-36)31-42(47)51-55-48(37-19-11-5-12-20-37)54-49(56-51)38-21-13-6-14-22-38/h3-32H,1-2H3. The van der Waals surface area contributed by atoms with Crippen molar-refractivity contribution in [3.63, 3.8) is 0 Å². The van der Waals surface area contributed by atoms with Crippen LogP contribution in [-0.4, -0.2) is 29.5 Å². The molecule has 0 radical (unpaired) electrons. The van der Waals surface area contributed by atoms with E-state index in [0.29, 0.717) is 23.3 Å². The first-order valence-electron chi connectivity index (χ1n) is 19.1. The number of nitrogens with zero attached hydrogens (tertiary/aromatic N) is 6. The first kappa shape index (κ1) is 34.0. The Kier molecular flexibility index (Phi) is 8.49. The number of aromatic nitrogens is 6. The van der Waals surface area contributed by atoms with Gasteiger partial charge in [-0.15, -0.1) is 0 Å². The largest absolute Gasteiger partial charge is 0.309 e. The maximum absolute atomic E-state index is 5.25. The van der Waals surface area contributed by atoms with Gasteiger partial charge in [-0.2, -0.15) is 0 Å². The van der Waals surface area contributed by atoms with Gasteiger partial charge < -0.3 is 4.57 Å². The lowest BCUT2D eigenvalue weighted by Gasteiger charge is -2.16. The molecule has 0 bridgehead atoms. The molecule has 6 heteroatoms. The molecular weight excluding hydrogens is 697 g/mol. The highest BCUT2D eigenvalue weighted by Gasteiger charge is 2.22. The fourth-order valence-electron chi connectivity index (χ4n) is 7.58. The van der Waals surface area contributed by atoms with Gasteiger partial charge in [0.1, 0.15) is 0 Å². The normalized spacial score (nSPS) is 11.3. The molecule has 0 aliphatic carbocycles. The molecule has 0 saturated heterocycles. The fraction of sp³-hybridized carbons (Fsp3) is 0.0392. The van der Waals surface area contributed by atoms with Crippen molar-refractivity contribution in [2.75, 3.05) is 0 Å². The molecule has 7 aromatic carbocycles. The summed E-state index contributed by atoms with van der Waals surface area (Å²) in [4.78, 5) is 25.9. The first-order valence-corrected chi connectivity index (χ1v) is 19.1. The van der Waals surface area contributed by atoms with E-state index in [1.807, 2.05) is 97.1 Å². The lowest BCUT2D eigenvalue weighted by atomic mass is 10.0. The third-order valence-electron chi connectivity index (χ3n) is 10.4. The van der Waals surface area contributed by atoms with Crippen molar-refractivity contribution < 1.29 is 0 Å². The maximum atomic E-state index is 5.25. The smallest absolute Gasteiger partial charge is 0.166 e. The van der Waals surface area contributed by atoms with E-state index in [1.54, 1.807) is 0 Å². The molecule has 0 aliphatic heterocycles. The molecule has 0 unspecified atom stereocenters. The molecule has 0 aliphatic rings. The Morgan fingerprint density at radius 3 is 1.23 bits per heavy atom. The summed E-state index contributed by atoms with van der Waals surface area (Å²) in [5.74, 6) is 2.35. The van der Waals surface area contributed by atoms with E-state index >= 15 is 0 Å². The monoisotopic (exact) mass is 732 g/mol. The van der Waals surface area contributed by atoms with Gasteiger partial charge in [0.25, 0.3) is 0 Å². The Morgan fingerprint density at radius 2 is 0.754 bits per heavy atom. The van der Waals surface area contributed by atoms with Crippen LogP contribution >= 0.6 is 0 Å². The van der Waals surface area contributed by atoms with Crippen LogP contribution in [0.5, 0.6) is 0 Å². The van der Waals surface area contributed by atoms with Crippen LogP contribution in [0.3, 0.4) is 0 Å². The molecule has 10 rings (SSSR count). The number of fused-ring (bicyclic) bond motifs is 3. The molecule has 0 spiro atoms. The van der Waals surface area contributed by atoms with Gasteiger partial charge in [0, 0.05) is 44.2 Å². The summed E-state index contributed by atoms with van der Waals surface area (Å²) in [6.07, 6.45) is 0. The Labute approximate surface area is 330 Å². The van der Waals surface area contributed by atoms with Gasteiger partial charge >= 0.3 is 0 Å². The molecule has 3 heterocycles. The number of benzene rings is 7. The summed E-state index contributed by atoms with van der Waals surface area (Å²) in [7, 11) is 0. The maximum Gasteiger partial charge on any atom is 0.166 e. The van der Waals surface area contributed by atoms with Gasteiger partial charge in [0.15, 0.2) is 23.3 Å². The topological polar surface area (TPSA) is 69.4 Å². The molecule has 0 fully saturated rings. The fourth-order valence-corrected chi connectivity index (χ4v) is 7.58. The van der Waals surface area contributed by atoms with Crippen LogP contribution in [0.1, 0.15) is 11.1 Å². The van der Waals surface area contributed by atoms with Crippen LogP contribution in [0.15, 0.2) is 182 Å². The predicted molar refractivity (Wildman–Crippen MR) is 232 cm³/mol. The highest BCUT2D eigenvalue weighted by atomic mass is 15.1. The van der Waals surface area contributed by atoms with Crippen LogP contribution in [-0.2, 0) is 0 Å².